The van der Waals surface area contributed by atoms with Gasteiger partial charge in [0.05, 0.1) is 12.3 Å². The van der Waals surface area contributed by atoms with Gasteiger partial charge in [0.15, 0.2) is 6.29 Å². The normalized spacial score (nSPS) is 17.0. The zero-order chi connectivity index (χ0) is 20.5. The fraction of sp³-hybridized carbons (Fsp3) is 0.348. The van der Waals surface area contributed by atoms with Crippen molar-refractivity contribution in [1.82, 2.24) is 0 Å². The van der Waals surface area contributed by atoms with E-state index in [4.69, 9.17) is 14.2 Å². The van der Waals surface area contributed by atoms with Gasteiger partial charge in [-0.2, -0.15) is 0 Å². The number of halogens is 1. The number of nitrogens with one attached hydrogen (secondary N) is 1. The summed E-state index contributed by atoms with van der Waals surface area (Å²) >= 11 is 2.28. The molecule has 0 radical (unpaired) electrons. The summed E-state index contributed by atoms with van der Waals surface area (Å²) in [5.41, 5.74) is 3.27. The SMILES string of the molecule is C/C=C(/Nc1cccc(COC2CCCCO2)c1I)C(=O)OCc1ccccc1. The lowest BCUT2D eigenvalue weighted by Crippen LogP contribution is -2.22. The molecule has 1 N–H and O–H groups in total. The first-order chi connectivity index (χ1) is 14.2. The number of esters is 1. The van der Waals surface area contributed by atoms with Crippen molar-refractivity contribution in [1.29, 1.82) is 0 Å². The van der Waals surface area contributed by atoms with E-state index in [1.807, 2.05) is 55.5 Å². The van der Waals surface area contributed by atoms with Gasteiger partial charge in [0.2, 0.25) is 0 Å². The van der Waals surface area contributed by atoms with Crippen LogP contribution in [0.15, 0.2) is 60.3 Å². The van der Waals surface area contributed by atoms with Crippen LogP contribution in [0.1, 0.15) is 37.3 Å². The second-order valence-electron chi connectivity index (χ2n) is 6.77. The Morgan fingerprint density at radius 1 is 1.17 bits per heavy atom. The van der Waals surface area contributed by atoms with E-state index in [2.05, 4.69) is 27.9 Å². The van der Waals surface area contributed by atoms with Crippen LogP contribution in [0, 0.1) is 3.57 Å². The van der Waals surface area contributed by atoms with Gasteiger partial charge < -0.3 is 19.5 Å². The molecule has 0 aromatic heterocycles. The van der Waals surface area contributed by atoms with E-state index in [-0.39, 0.29) is 18.9 Å². The fourth-order valence-electron chi connectivity index (χ4n) is 3.00. The Morgan fingerprint density at radius 2 is 2.00 bits per heavy atom. The molecule has 1 aliphatic heterocycles. The van der Waals surface area contributed by atoms with Crippen molar-refractivity contribution in [2.75, 3.05) is 11.9 Å². The molecule has 154 valence electrons. The van der Waals surface area contributed by atoms with Gasteiger partial charge in [-0.25, -0.2) is 4.79 Å². The molecule has 0 saturated carbocycles. The molecule has 0 aliphatic carbocycles. The van der Waals surface area contributed by atoms with E-state index in [0.717, 1.165) is 46.3 Å². The molecule has 1 saturated heterocycles. The number of rotatable bonds is 8. The first kappa shape index (κ1) is 21.8. The van der Waals surface area contributed by atoms with Crippen LogP contribution in [0.3, 0.4) is 0 Å². The molecule has 0 bridgehead atoms. The minimum atomic E-state index is -0.385. The van der Waals surface area contributed by atoms with Crippen LogP contribution in [0.5, 0.6) is 0 Å². The van der Waals surface area contributed by atoms with E-state index in [1.54, 1.807) is 6.08 Å². The molecular formula is C23H26INO4. The van der Waals surface area contributed by atoms with Crippen molar-refractivity contribution in [3.63, 3.8) is 0 Å². The number of carbonyl (C=O) groups excluding carboxylic acids is 1. The standard InChI is InChI=1S/C23H26INO4/c1-2-19(23(26)29-15-17-9-4-3-5-10-17)25-20-12-8-11-18(22(20)24)16-28-21-13-6-7-14-27-21/h2-5,8-12,21,25H,6-7,13-16H2,1H3/b19-2+. The zero-order valence-electron chi connectivity index (χ0n) is 16.5. The second-order valence-corrected chi connectivity index (χ2v) is 7.85. The molecule has 29 heavy (non-hydrogen) atoms. The summed E-state index contributed by atoms with van der Waals surface area (Å²) in [7, 11) is 0. The van der Waals surface area contributed by atoms with Crippen LogP contribution in [0.4, 0.5) is 5.69 Å². The molecule has 1 heterocycles. The average Bonchev–Trinajstić information content (AvgIpc) is 2.77. The Balaban J connectivity index is 1.59. The second kappa shape index (κ2) is 11.3. The summed E-state index contributed by atoms with van der Waals surface area (Å²) in [5, 5.41) is 3.20. The molecule has 1 fully saturated rings. The van der Waals surface area contributed by atoms with Crippen molar-refractivity contribution in [3.05, 3.63) is 75.0 Å². The fourth-order valence-corrected chi connectivity index (χ4v) is 3.65. The van der Waals surface area contributed by atoms with Crippen LogP contribution in [-0.4, -0.2) is 18.9 Å². The molecule has 1 atom stereocenters. The summed E-state index contributed by atoms with van der Waals surface area (Å²) in [5.74, 6) is -0.385. The maximum Gasteiger partial charge on any atom is 0.354 e. The largest absolute Gasteiger partial charge is 0.456 e. The highest BCUT2D eigenvalue weighted by Crippen LogP contribution is 2.26. The molecule has 6 heteroatoms. The van der Waals surface area contributed by atoms with Crippen molar-refractivity contribution in [3.8, 4) is 0 Å². The smallest absolute Gasteiger partial charge is 0.354 e. The number of carbonyl (C=O) groups is 1. The number of hydrogen-bond donors (Lipinski definition) is 1. The quantitative estimate of drug-likeness (QED) is 0.295. The summed E-state index contributed by atoms with van der Waals surface area (Å²) < 4.78 is 18.0. The maximum atomic E-state index is 12.5. The third kappa shape index (κ3) is 6.55. The highest BCUT2D eigenvalue weighted by Gasteiger charge is 2.17. The average molecular weight is 507 g/mol. The lowest BCUT2D eigenvalue weighted by Gasteiger charge is -2.23. The van der Waals surface area contributed by atoms with Gasteiger partial charge in [-0.05, 0) is 66.0 Å². The Morgan fingerprint density at radius 3 is 2.72 bits per heavy atom. The first-order valence-electron chi connectivity index (χ1n) is 9.82. The van der Waals surface area contributed by atoms with Gasteiger partial charge in [0.1, 0.15) is 12.3 Å². The van der Waals surface area contributed by atoms with Crippen LogP contribution in [-0.2, 0) is 32.2 Å². The Kier molecular flexibility index (Phi) is 8.52. The third-order valence-corrected chi connectivity index (χ3v) is 5.91. The van der Waals surface area contributed by atoms with Crippen molar-refractivity contribution < 1.29 is 19.0 Å². The molecule has 5 nitrogen and oxygen atoms in total. The van der Waals surface area contributed by atoms with Crippen LogP contribution in [0.25, 0.3) is 0 Å². The lowest BCUT2D eigenvalue weighted by atomic mass is 10.2. The van der Waals surface area contributed by atoms with E-state index in [1.165, 1.54) is 0 Å². The van der Waals surface area contributed by atoms with Crippen molar-refractivity contribution in [2.45, 2.75) is 45.7 Å². The lowest BCUT2D eigenvalue weighted by molar-refractivity contribution is -0.169. The minimum absolute atomic E-state index is 0.129. The molecular weight excluding hydrogens is 481 g/mol. The van der Waals surface area contributed by atoms with E-state index in [9.17, 15) is 4.79 Å². The molecule has 2 aromatic carbocycles. The third-order valence-electron chi connectivity index (χ3n) is 4.63. The Labute approximate surface area is 185 Å². The molecule has 1 aliphatic rings. The van der Waals surface area contributed by atoms with Gasteiger partial charge in [-0.3, -0.25) is 0 Å². The molecule has 1 unspecified atom stereocenters. The molecule has 0 spiro atoms. The Bertz CT molecular complexity index is 832. The summed E-state index contributed by atoms with van der Waals surface area (Å²) in [6.45, 7) is 3.29. The van der Waals surface area contributed by atoms with Gasteiger partial charge in [0, 0.05) is 10.2 Å². The first-order valence-corrected chi connectivity index (χ1v) is 10.9. The van der Waals surface area contributed by atoms with Crippen LogP contribution in [0.2, 0.25) is 0 Å². The zero-order valence-corrected chi connectivity index (χ0v) is 18.7. The van der Waals surface area contributed by atoms with Crippen molar-refractivity contribution in [2.24, 2.45) is 0 Å². The van der Waals surface area contributed by atoms with Crippen LogP contribution < -0.4 is 5.32 Å². The number of ether oxygens (including phenoxy) is 3. The highest BCUT2D eigenvalue weighted by molar-refractivity contribution is 14.1. The predicted molar refractivity (Wildman–Crippen MR) is 121 cm³/mol. The highest BCUT2D eigenvalue weighted by atomic mass is 127. The van der Waals surface area contributed by atoms with E-state index < -0.39 is 0 Å². The predicted octanol–water partition coefficient (Wildman–Crippen LogP) is 5.39. The monoisotopic (exact) mass is 507 g/mol. The van der Waals surface area contributed by atoms with Crippen LogP contribution >= 0.6 is 22.6 Å². The molecule has 2 aromatic rings. The van der Waals surface area contributed by atoms with E-state index >= 15 is 0 Å². The molecule has 0 amide bonds. The topological polar surface area (TPSA) is 56.8 Å². The van der Waals surface area contributed by atoms with Gasteiger partial charge in [0.25, 0.3) is 0 Å². The van der Waals surface area contributed by atoms with Gasteiger partial charge >= 0.3 is 5.97 Å². The maximum absolute atomic E-state index is 12.5. The van der Waals surface area contributed by atoms with E-state index in [0.29, 0.717) is 12.3 Å². The van der Waals surface area contributed by atoms with Gasteiger partial charge in [-0.15, -0.1) is 0 Å². The Hall–Kier alpha value is -1.90. The number of anilines is 1. The molecule has 3 rings (SSSR count). The minimum Gasteiger partial charge on any atom is -0.456 e. The number of allylic oxidation sites excluding steroid dienone is 1. The summed E-state index contributed by atoms with van der Waals surface area (Å²) in [6, 6.07) is 15.6. The summed E-state index contributed by atoms with van der Waals surface area (Å²) in [4.78, 5) is 12.5. The number of hydrogen-bond acceptors (Lipinski definition) is 5. The number of benzene rings is 2. The van der Waals surface area contributed by atoms with Gasteiger partial charge in [-0.1, -0.05) is 48.5 Å². The summed E-state index contributed by atoms with van der Waals surface area (Å²) in [6.07, 6.45) is 4.77. The van der Waals surface area contributed by atoms with Crippen molar-refractivity contribution >= 4 is 34.2 Å².